The van der Waals surface area contributed by atoms with Crippen LogP contribution in [0.5, 0.6) is 0 Å². The fraction of sp³-hybridized carbons (Fsp3) is 0.575. The summed E-state index contributed by atoms with van der Waals surface area (Å²) in [6, 6.07) is 10.3. The minimum absolute atomic E-state index is 0.0988. The molecule has 17 heteroatoms. The summed E-state index contributed by atoms with van der Waals surface area (Å²) in [5, 5.41) is 61.6. The number of aryl methyl sites for hydroxylation is 1. The quantitative estimate of drug-likeness (QED) is 0.0602. The second kappa shape index (κ2) is 21.8. The van der Waals surface area contributed by atoms with Crippen LogP contribution in [-0.2, 0) is 30.5 Å². The molecule has 17 nitrogen and oxygen atoms in total. The number of carbonyl (C=O) groups is 5. The van der Waals surface area contributed by atoms with Crippen LogP contribution in [0.1, 0.15) is 60.3 Å². The van der Waals surface area contributed by atoms with Gasteiger partial charge in [0.2, 0.25) is 23.6 Å². The van der Waals surface area contributed by atoms with Crippen molar-refractivity contribution in [2.45, 2.75) is 109 Å². The smallest absolute Gasteiger partial charge is 0.252 e. The van der Waals surface area contributed by atoms with Crippen molar-refractivity contribution in [1.82, 2.24) is 25.4 Å². The Morgan fingerprint density at radius 1 is 0.807 bits per heavy atom. The number of aliphatic hydroxyl groups excluding tert-OH is 5. The molecule has 0 aliphatic heterocycles. The molecule has 0 aliphatic carbocycles. The summed E-state index contributed by atoms with van der Waals surface area (Å²) in [4.78, 5) is 68.2. The van der Waals surface area contributed by atoms with Crippen molar-refractivity contribution in [3.63, 3.8) is 0 Å². The molecule has 0 fully saturated rings. The van der Waals surface area contributed by atoms with Gasteiger partial charge in [0.25, 0.3) is 5.91 Å². The van der Waals surface area contributed by atoms with Crippen molar-refractivity contribution < 1.29 is 49.5 Å². The number of likely N-dealkylation sites (N-methyl/N-ethyl adjacent to an activating group) is 1. The molecular weight excluding hydrogens is 738 g/mol. The van der Waals surface area contributed by atoms with E-state index in [9.17, 15) is 44.4 Å². The van der Waals surface area contributed by atoms with E-state index in [0.29, 0.717) is 31.5 Å². The highest BCUT2D eigenvalue weighted by atomic mass is 16.4. The van der Waals surface area contributed by atoms with E-state index in [4.69, 9.17) is 10.8 Å². The second-order valence-electron chi connectivity index (χ2n) is 15.2. The number of aromatic nitrogens is 1. The lowest BCUT2D eigenvalue weighted by Crippen LogP contribution is -2.59. The summed E-state index contributed by atoms with van der Waals surface area (Å²) in [5.74, 6) is -4.36. The van der Waals surface area contributed by atoms with Crippen LogP contribution in [0.4, 0.5) is 5.69 Å². The van der Waals surface area contributed by atoms with Gasteiger partial charge in [-0.05, 0) is 75.3 Å². The van der Waals surface area contributed by atoms with Gasteiger partial charge in [-0.2, -0.15) is 0 Å². The van der Waals surface area contributed by atoms with Crippen molar-refractivity contribution in [1.29, 1.82) is 0 Å². The van der Waals surface area contributed by atoms with Crippen LogP contribution in [-0.4, -0.2) is 134 Å². The van der Waals surface area contributed by atoms with Gasteiger partial charge in [-0.25, -0.2) is 0 Å². The summed E-state index contributed by atoms with van der Waals surface area (Å²) in [5.41, 5.74) is 8.37. The predicted molar refractivity (Wildman–Crippen MR) is 215 cm³/mol. The number of amides is 5. The van der Waals surface area contributed by atoms with Crippen molar-refractivity contribution >= 4 is 57.0 Å². The first-order chi connectivity index (χ1) is 26.9. The van der Waals surface area contributed by atoms with Crippen molar-refractivity contribution in [2.75, 3.05) is 32.1 Å². The van der Waals surface area contributed by atoms with E-state index in [1.54, 1.807) is 13.8 Å². The molecule has 0 unspecified atom stereocenters. The zero-order valence-electron chi connectivity index (χ0n) is 33.6. The molecule has 3 rings (SSSR count). The molecule has 11 N–H and O–H groups in total. The number of fused-ring (bicyclic) bond motifs is 3. The minimum Gasteiger partial charge on any atom is -0.394 e. The first kappa shape index (κ1) is 46.7. The number of benzene rings is 2. The number of nitrogens with zero attached hydrogens (tertiary/aromatic N) is 2. The lowest BCUT2D eigenvalue weighted by atomic mass is 9.98. The highest BCUT2D eigenvalue weighted by Crippen LogP contribution is 2.31. The van der Waals surface area contributed by atoms with E-state index < -0.39 is 91.1 Å². The van der Waals surface area contributed by atoms with Crippen LogP contribution in [0, 0.1) is 11.8 Å². The molecule has 0 saturated heterocycles. The van der Waals surface area contributed by atoms with Crippen LogP contribution >= 0.6 is 0 Å². The van der Waals surface area contributed by atoms with Gasteiger partial charge < -0.3 is 62.0 Å². The third-order valence-corrected chi connectivity index (χ3v) is 9.80. The number of nitrogens with two attached hydrogens (primary N) is 1. The van der Waals surface area contributed by atoms with Gasteiger partial charge in [0.05, 0.1) is 13.2 Å². The summed E-state index contributed by atoms with van der Waals surface area (Å²) in [7, 11) is 1.39. The molecule has 5 amide bonds. The van der Waals surface area contributed by atoms with E-state index in [-0.39, 0.29) is 12.3 Å². The van der Waals surface area contributed by atoms with E-state index in [0.717, 1.165) is 33.3 Å². The Kier molecular flexibility index (Phi) is 17.8. The van der Waals surface area contributed by atoms with Gasteiger partial charge in [0.1, 0.15) is 36.4 Å². The lowest BCUT2D eigenvalue weighted by Gasteiger charge is -2.30. The normalized spacial score (nSPS) is 15.4. The molecule has 3 aromatic rings. The Hall–Kier alpha value is -4.65. The summed E-state index contributed by atoms with van der Waals surface area (Å²) in [6.45, 7) is 8.70. The number of hydrogen-bond acceptors (Lipinski definition) is 11. The number of hydrogen-bond donors (Lipinski definition) is 10. The topological polar surface area (TPSA) is 269 Å². The first-order valence-corrected chi connectivity index (χ1v) is 19.5. The van der Waals surface area contributed by atoms with Gasteiger partial charge in [-0.15, -0.1) is 0 Å². The number of anilines is 1. The number of unbranched alkanes of at least 4 members (excludes halogenated alkanes) is 1. The number of carbonyl (C=O) groups excluding carboxylic acids is 5. The van der Waals surface area contributed by atoms with Crippen molar-refractivity contribution in [3.05, 3.63) is 42.5 Å². The van der Waals surface area contributed by atoms with Crippen LogP contribution in [0.2, 0.25) is 0 Å². The Morgan fingerprint density at radius 3 is 2.09 bits per heavy atom. The standard InChI is InChI=1S/C40H61N7O10/c1-7-47-29-14-9-8-12-25(29)26-19-24(15-16-30(26)47)42-37(54)27(13-10-11-17-41)43-32(50)20-46(6)40(57)28(18-22(2)3)44-38(55)33(23(4)5)45-39(56)36(53)35(52)34(51)31(49)21-48/h8-9,12,14-16,19,22-23,27-28,31,33-36,48-49,51-53H,7,10-11,13,17-18,20-21,41H2,1-6H3,(H,42,54)(H,43,50)(H,44,55)(H,45,56)/t27-,28-,31+,33-,34+,35-,36+/m0/s1. The van der Waals surface area contributed by atoms with Gasteiger partial charge >= 0.3 is 0 Å². The molecule has 0 aliphatic rings. The van der Waals surface area contributed by atoms with E-state index in [1.807, 2.05) is 56.3 Å². The molecule has 57 heavy (non-hydrogen) atoms. The molecule has 2 aromatic carbocycles. The molecule has 0 saturated carbocycles. The maximum atomic E-state index is 13.7. The molecule has 1 heterocycles. The van der Waals surface area contributed by atoms with E-state index in [1.165, 1.54) is 7.05 Å². The number of nitrogens with one attached hydrogen (secondary N) is 4. The molecule has 0 spiro atoms. The SMILES string of the molecule is CCn1c2ccccc2c2cc(NC(=O)[C@H](CCCCN)NC(=O)CN(C)C(=O)[C@H](CC(C)C)NC(=O)[C@@H](NC(=O)[C@H](O)[C@@H](O)[C@H](O)[C@H](O)CO)C(C)C)ccc21. The zero-order chi connectivity index (χ0) is 42.6. The highest BCUT2D eigenvalue weighted by Gasteiger charge is 2.37. The largest absolute Gasteiger partial charge is 0.394 e. The Bertz CT molecular complexity index is 1830. The Labute approximate surface area is 333 Å². The molecule has 0 bridgehead atoms. The predicted octanol–water partition coefficient (Wildman–Crippen LogP) is -0.0673. The minimum atomic E-state index is -2.27. The summed E-state index contributed by atoms with van der Waals surface area (Å²) >= 11 is 0. The Balaban J connectivity index is 1.71. The number of rotatable bonds is 22. The van der Waals surface area contributed by atoms with Crippen LogP contribution in [0.3, 0.4) is 0 Å². The van der Waals surface area contributed by atoms with Gasteiger partial charge in [-0.3, -0.25) is 24.0 Å². The lowest BCUT2D eigenvalue weighted by molar-refractivity contribution is -0.151. The third kappa shape index (κ3) is 12.4. The van der Waals surface area contributed by atoms with Crippen LogP contribution in [0.25, 0.3) is 21.8 Å². The average molecular weight is 800 g/mol. The number of para-hydroxylation sites is 1. The fourth-order valence-corrected chi connectivity index (χ4v) is 6.67. The molecule has 1 aromatic heterocycles. The van der Waals surface area contributed by atoms with E-state index in [2.05, 4.69) is 32.8 Å². The van der Waals surface area contributed by atoms with Crippen molar-refractivity contribution in [2.24, 2.45) is 17.6 Å². The molecule has 316 valence electrons. The highest BCUT2D eigenvalue weighted by molar-refractivity contribution is 6.10. The van der Waals surface area contributed by atoms with Crippen molar-refractivity contribution in [3.8, 4) is 0 Å². The Morgan fingerprint density at radius 2 is 1.47 bits per heavy atom. The van der Waals surface area contributed by atoms with Gasteiger partial charge in [-0.1, -0.05) is 45.9 Å². The van der Waals surface area contributed by atoms with Crippen LogP contribution in [0.15, 0.2) is 42.5 Å². The number of aliphatic hydroxyl groups is 5. The maximum absolute atomic E-state index is 13.7. The first-order valence-electron chi connectivity index (χ1n) is 19.5. The second-order valence-corrected chi connectivity index (χ2v) is 15.2. The maximum Gasteiger partial charge on any atom is 0.252 e. The van der Waals surface area contributed by atoms with E-state index >= 15 is 0 Å². The van der Waals surface area contributed by atoms with Gasteiger partial charge in [0.15, 0.2) is 6.10 Å². The van der Waals surface area contributed by atoms with Gasteiger partial charge in [0, 0.05) is 41.1 Å². The summed E-state index contributed by atoms with van der Waals surface area (Å²) < 4.78 is 2.20. The zero-order valence-corrected chi connectivity index (χ0v) is 33.6. The average Bonchev–Trinajstić information content (AvgIpc) is 3.49. The fourth-order valence-electron chi connectivity index (χ4n) is 6.67. The molecule has 0 radical (unpaired) electrons. The van der Waals surface area contributed by atoms with Crippen LogP contribution < -0.4 is 27.0 Å². The third-order valence-electron chi connectivity index (χ3n) is 9.80. The summed E-state index contributed by atoms with van der Waals surface area (Å²) in [6.07, 6.45) is -6.71. The molecular formula is C40H61N7O10. The monoisotopic (exact) mass is 799 g/mol. The molecule has 7 atom stereocenters.